The maximum atomic E-state index is 15.6. The number of nitrogens with two attached hydrogens (primary N) is 1. The van der Waals surface area contributed by atoms with Crippen molar-refractivity contribution in [1.82, 2.24) is 20.5 Å². The normalized spacial score (nSPS) is 14.9. The summed E-state index contributed by atoms with van der Waals surface area (Å²) in [5, 5.41) is 10.9. The number of hydrogen-bond donors (Lipinski definition) is 6. The van der Waals surface area contributed by atoms with Gasteiger partial charge in [0.2, 0.25) is 17.7 Å². The highest BCUT2D eigenvalue weighted by Gasteiger charge is 2.45. The van der Waals surface area contributed by atoms with Crippen molar-refractivity contribution in [3.63, 3.8) is 0 Å². The van der Waals surface area contributed by atoms with Crippen LogP contribution in [0.5, 0.6) is 0 Å². The van der Waals surface area contributed by atoms with Crippen molar-refractivity contribution in [3.8, 4) is 22.3 Å². The first-order valence-electron chi connectivity index (χ1n) is 27.4. The van der Waals surface area contributed by atoms with Crippen molar-refractivity contribution in [2.75, 3.05) is 140 Å². The lowest BCUT2D eigenvalue weighted by Gasteiger charge is -2.27. The number of nitrogens with zero attached hydrogens (tertiary/aromatic N) is 2. The molecule has 26 heteroatoms. The van der Waals surface area contributed by atoms with Gasteiger partial charge in [-0.2, -0.15) is 0 Å². The van der Waals surface area contributed by atoms with E-state index < -0.39 is 45.5 Å². The third-order valence-corrected chi connectivity index (χ3v) is 14.7. The molecule has 84 heavy (non-hydrogen) atoms. The Hall–Kier alpha value is -7.79. The van der Waals surface area contributed by atoms with E-state index in [1.54, 1.807) is 30.3 Å². The van der Waals surface area contributed by atoms with Crippen molar-refractivity contribution in [3.05, 3.63) is 119 Å². The zero-order valence-electron chi connectivity index (χ0n) is 46.1. The molecule has 1 fully saturated rings. The summed E-state index contributed by atoms with van der Waals surface area (Å²) in [6.45, 7) is 6.52. The minimum atomic E-state index is -4.20. The number of piperidine rings is 1. The fourth-order valence-corrected chi connectivity index (χ4v) is 10.2. The Kier molecular flexibility index (Phi) is 23.1. The number of nitrogens with one attached hydrogen (secondary N) is 5. The van der Waals surface area contributed by atoms with Crippen LogP contribution in [0.4, 0.5) is 27.3 Å². The van der Waals surface area contributed by atoms with Gasteiger partial charge in [-0.25, -0.2) is 17.8 Å². The van der Waals surface area contributed by atoms with Crippen LogP contribution >= 0.6 is 0 Å². The maximum Gasteiger partial charge on any atom is 0.264 e. The van der Waals surface area contributed by atoms with E-state index in [0.29, 0.717) is 146 Å². The molecule has 7 N–H and O–H groups in total. The van der Waals surface area contributed by atoms with Gasteiger partial charge >= 0.3 is 0 Å². The van der Waals surface area contributed by atoms with Crippen LogP contribution in [0.15, 0.2) is 96.0 Å². The lowest BCUT2D eigenvalue weighted by atomic mass is 9.94. The van der Waals surface area contributed by atoms with Crippen LogP contribution in [0.3, 0.4) is 0 Å². The number of carbonyl (C=O) groups is 6. The van der Waals surface area contributed by atoms with E-state index in [1.807, 2.05) is 6.07 Å². The molecular formula is C58H67FN8O16S. The Labute approximate surface area is 484 Å². The van der Waals surface area contributed by atoms with Gasteiger partial charge in [-0.05, 0) is 84.6 Å². The second-order valence-electron chi connectivity index (χ2n) is 19.2. The summed E-state index contributed by atoms with van der Waals surface area (Å²) in [6.07, 6.45) is 2.28. The number of nitrogen functional groups attached to an aromatic ring is 1. The molecule has 0 saturated carbocycles. The lowest BCUT2D eigenvalue weighted by Crippen LogP contribution is -2.54. The highest BCUT2D eigenvalue weighted by Crippen LogP contribution is 2.35. The van der Waals surface area contributed by atoms with E-state index in [9.17, 15) is 37.2 Å². The number of sulfonamides is 1. The average Bonchev–Trinajstić information content (AvgIpc) is 2.38. The highest BCUT2D eigenvalue weighted by atomic mass is 32.2. The fourth-order valence-electron chi connectivity index (χ4n) is 9.13. The molecule has 4 heterocycles. The van der Waals surface area contributed by atoms with E-state index in [-0.39, 0.29) is 77.4 Å². The molecular weight excluding hydrogens is 1120 g/mol. The number of hydrogen-bond acceptors (Lipinski definition) is 19. The molecule has 1 atom stereocenters. The summed E-state index contributed by atoms with van der Waals surface area (Å²) in [4.78, 5) is 79.8. The van der Waals surface area contributed by atoms with Crippen molar-refractivity contribution in [2.45, 2.75) is 36.6 Å². The standard InChI is InChI=1S/C58H67FN8O16S/c59-48-36-43(9-11-44(48)40-35-47(54(60)63-37-40)38-4-10-45-39(34-38)14-16-62-55(45)70)84(74,75)66-42-7-5-41(6-8-42)64-52(69)15-18-76-20-22-78-24-26-80-28-30-82-32-33-83-31-29-81-27-25-79-23-21-77-19-17-61-49-3-1-2-46-53(49)58(73)67(57(46)72)50-12-13-51(68)65-56(50)71/h1-11,34-37,50,61,66H,12-33H2,(H2,60,63)(H,62,70)(H,64,69)(H,65,68,71). The second-order valence-corrected chi connectivity index (χ2v) is 20.8. The third-order valence-electron chi connectivity index (χ3n) is 13.3. The van der Waals surface area contributed by atoms with Crippen LogP contribution in [-0.2, 0) is 68.7 Å². The second kappa shape index (κ2) is 31.2. The Bertz CT molecular complexity index is 3240. The van der Waals surface area contributed by atoms with Crippen LogP contribution in [0, 0.1) is 5.82 Å². The molecule has 4 aromatic carbocycles. The molecule has 1 saturated heterocycles. The molecule has 3 aliphatic rings. The molecule has 6 amide bonds. The molecule has 8 rings (SSSR count). The smallest absolute Gasteiger partial charge is 0.264 e. The number of imide groups is 2. The Balaban J connectivity index is 0.573. The summed E-state index contributed by atoms with van der Waals surface area (Å²) in [7, 11) is -4.20. The van der Waals surface area contributed by atoms with Gasteiger partial charge in [0, 0.05) is 65.0 Å². The molecule has 1 aromatic heterocycles. The average molecular weight is 1180 g/mol. The van der Waals surface area contributed by atoms with Gasteiger partial charge < -0.3 is 59.6 Å². The first kappa shape index (κ1) is 62.3. The number of anilines is 4. The van der Waals surface area contributed by atoms with E-state index in [2.05, 4.69) is 31.0 Å². The van der Waals surface area contributed by atoms with Crippen molar-refractivity contribution in [2.24, 2.45) is 0 Å². The van der Waals surface area contributed by atoms with Crippen LogP contribution in [0.25, 0.3) is 22.3 Å². The Morgan fingerprint density at radius 1 is 0.643 bits per heavy atom. The molecule has 0 radical (unpaired) electrons. The lowest BCUT2D eigenvalue weighted by molar-refractivity contribution is -0.136. The number of benzene rings is 4. The van der Waals surface area contributed by atoms with Crippen molar-refractivity contribution >= 4 is 68.3 Å². The quantitative estimate of drug-likeness (QED) is 0.0245. The van der Waals surface area contributed by atoms with Crippen LogP contribution in [0.2, 0.25) is 0 Å². The van der Waals surface area contributed by atoms with Gasteiger partial charge in [-0.1, -0.05) is 24.3 Å². The van der Waals surface area contributed by atoms with E-state index in [4.69, 9.17) is 43.6 Å². The zero-order chi connectivity index (χ0) is 59.3. The van der Waals surface area contributed by atoms with Gasteiger partial charge in [-0.3, -0.25) is 43.7 Å². The van der Waals surface area contributed by atoms with Crippen molar-refractivity contribution < 1.29 is 79.5 Å². The van der Waals surface area contributed by atoms with E-state index in [1.165, 1.54) is 48.7 Å². The number of amides is 6. The number of halogens is 1. The largest absolute Gasteiger partial charge is 0.383 e. The summed E-state index contributed by atoms with van der Waals surface area (Å²) in [5.74, 6) is -3.26. The first-order chi connectivity index (χ1) is 40.8. The minimum absolute atomic E-state index is 0.0480. The van der Waals surface area contributed by atoms with Crippen molar-refractivity contribution in [1.29, 1.82) is 0 Å². The predicted molar refractivity (Wildman–Crippen MR) is 304 cm³/mol. The van der Waals surface area contributed by atoms with Gasteiger partial charge in [0.05, 0.1) is 128 Å². The molecule has 0 bridgehead atoms. The fraction of sp³-hybridized carbons (Fsp3) is 0.397. The van der Waals surface area contributed by atoms with Gasteiger partial charge in [0.1, 0.15) is 17.7 Å². The molecule has 448 valence electrons. The summed E-state index contributed by atoms with van der Waals surface area (Å²) < 4.78 is 88.8. The SMILES string of the molecule is Nc1ncc(-c2ccc(S(=O)(=O)Nc3ccc(NC(=O)CCOCCOCCOCCOCCOCCOCCOCCOCCNc4cccc5c4C(=O)N(C4CCC(=O)NC4=O)C5=O)cc3)cc2F)cc1-c1ccc2c(c1)CCNC2=O. The number of rotatable bonds is 35. The Morgan fingerprint density at radius 3 is 1.86 bits per heavy atom. The van der Waals surface area contributed by atoms with Gasteiger partial charge in [0.25, 0.3) is 27.7 Å². The monoisotopic (exact) mass is 1180 g/mol. The first-order valence-corrected chi connectivity index (χ1v) is 28.9. The summed E-state index contributed by atoms with van der Waals surface area (Å²) in [6, 6.07) is 20.5. The molecule has 3 aliphatic heterocycles. The third kappa shape index (κ3) is 17.4. The molecule has 0 spiro atoms. The van der Waals surface area contributed by atoms with E-state index in [0.717, 1.165) is 16.5 Å². The van der Waals surface area contributed by atoms with Crippen LogP contribution in [-0.4, -0.2) is 179 Å². The molecule has 0 aliphatic carbocycles. The summed E-state index contributed by atoms with van der Waals surface area (Å²) >= 11 is 0. The number of fused-ring (bicyclic) bond motifs is 2. The highest BCUT2D eigenvalue weighted by molar-refractivity contribution is 7.92. The molecule has 5 aromatic rings. The topological polar surface area (TPSA) is 313 Å². The number of ether oxygens (including phenoxy) is 8. The maximum absolute atomic E-state index is 15.6. The molecule has 24 nitrogen and oxygen atoms in total. The van der Waals surface area contributed by atoms with Crippen LogP contribution in [0.1, 0.15) is 55.9 Å². The zero-order valence-corrected chi connectivity index (χ0v) is 46.9. The summed E-state index contributed by atoms with van der Waals surface area (Å²) in [5.41, 5.74) is 10.9. The Morgan fingerprint density at radius 2 is 1.24 bits per heavy atom. The van der Waals surface area contributed by atoms with Gasteiger partial charge in [-0.15, -0.1) is 0 Å². The van der Waals surface area contributed by atoms with E-state index >= 15 is 4.39 Å². The number of aromatic nitrogens is 1. The minimum Gasteiger partial charge on any atom is -0.383 e. The van der Waals surface area contributed by atoms with Crippen LogP contribution < -0.4 is 31.7 Å². The number of carbonyl (C=O) groups excluding carboxylic acids is 6. The van der Waals surface area contributed by atoms with Gasteiger partial charge in [0.15, 0.2) is 0 Å². The molecule has 1 unspecified atom stereocenters. The predicted octanol–water partition coefficient (Wildman–Crippen LogP) is 4.20. The number of pyridine rings is 1.